The SMILES string of the molecule is CC(C)c1ccc(OC(C)c2nnc(SCC(=O)Nc3nc4ccccc4s3)n2-c2ccccc2)cc1. The van der Waals surface area contributed by atoms with Crippen LogP contribution in [0.3, 0.4) is 0 Å². The molecule has 37 heavy (non-hydrogen) atoms. The number of carbonyl (C=O) groups excluding carboxylic acids is 1. The van der Waals surface area contributed by atoms with Crippen LogP contribution in [0.15, 0.2) is 84.0 Å². The van der Waals surface area contributed by atoms with Gasteiger partial charge in [-0.2, -0.15) is 0 Å². The van der Waals surface area contributed by atoms with Gasteiger partial charge >= 0.3 is 0 Å². The Balaban J connectivity index is 1.32. The average Bonchev–Trinajstić information content (AvgIpc) is 3.52. The van der Waals surface area contributed by atoms with E-state index in [0.717, 1.165) is 21.7 Å². The second-order valence-corrected chi connectivity index (χ2v) is 10.8. The van der Waals surface area contributed by atoms with E-state index in [1.165, 1.54) is 28.7 Å². The van der Waals surface area contributed by atoms with Crippen molar-refractivity contribution in [3.05, 3.63) is 90.3 Å². The normalized spacial score (nSPS) is 12.1. The third-order valence-corrected chi connectivity index (χ3v) is 7.65. The van der Waals surface area contributed by atoms with Crippen LogP contribution in [-0.4, -0.2) is 31.4 Å². The highest BCUT2D eigenvalue weighted by atomic mass is 32.2. The minimum absolute atomic E-state index is 0.150. The van der Waals surface area contributed by atoms with Crippen molar-refractivity contribution in [2.45, 2.75) is 37.9 Å². The van der Waals surface area contributed by atoms with Gasteiger partial charge in [-0.1, -0.05) is 79.4 Å². The van der Waals surface area contributed by atoms with Gasteiger partial charge in [0.15, 0.2) is 22.2 Å². The van der Waals surface area contributed by atoms with Crippen LogP contribution in [0.25, 0.3) is 15.9 Å². The topological polar surface area (TPSA) is 81.9 Å². The summed E-state index contributed by atoms with van der Waals surface area (Å²) in [5.74, 6) is 1.91. The molecule has 2 aromatic heterocycles. The molecule has 1 atom stereocenters. The van der Waals surface area contributed by atoms with Gasteiger partial charge in [-0.3, -0.25) is 9.36 Å². The highest BCUT2D eigenvalue weighted by molar-refractivity contribution is 7.99. The first kappa shape index (κ1) is 25.0. The van der Waals surface area contributed by atoms with Gasteiger partial charge in [-0.15, -0.1) is 10.2 Å². The van der Waals surface area contributed by atoms with Crippen molar-refractivity contribution in [1.29, 1.82) is 0 Å². The molecule has 0 radical (unpaired) electrons. The Morgan fingerprint density at radius 1 is 0.973 bits per heavy atom. The lowest BCUT2D eigenvalue weighted by Gasteiger charge is -2.17. The maximum absolute atomic E-state index is 12.7. The van der Waals surface area contributed by atoms with Crippen molar-refractivity contribution in [3.63, 3.8) is 0 Å². The molecule has 188 valence electrons. The summed E-state index contributed by atoms with van der Waals surface area (Å²) in [5.41, 5.74) is 3.04. The summed E-state index contributed by atoms with van der Waals surface area (Å²) in [6.45, 7) is 6.28. The highest BCUT2D eigenvalue weighted by Crippen LogP contribution is 2.29. The number of amides is 1. The van der Waals surface area contributed by atoms with Gasteiger partial charge in [0, 0.05) is 5.69 Å². The van der Waals surface area contributed by atoms with Crippen molar-refractivity contribution in [3.8, 4) is 11.4 Å². The summed E-state index contributed by atoms with van der Waals surface area (Å²) >= 11 is 2.78. The summed E-state index contributed by atoms with van der Waals surface area (Å²) < 4.78 is 9.21. The summed E-state index contributed by atoms with van der Waals surface area (Å²) in [4.78, 5) is 17.2. The number of anilines is 1. The minimum Gasteiger partial charge on any atom is -0.483 e. The largest absolute Gasteiger partial charge is 0.483 e. The van der Waals surface area contributed by atoms with Crippen LogP contribution < -0.4 is 10.1 Å². The summed E-state index contributed by atoms with van der Waals surface area (Å²) in [6, 6.07) is 25.8. The molecular weight excluding hydrogens is 502 g/mol. The van der Waals surface area contributed by atoms with Crippen molar-refractivity contribution in [2.75, 3.05) is 11.1 Å². The fraction of sp³-hybridized carbons (Fsp3) is 0.214. The van der Waals surface area contributed by atoms with Gasteiger partial charge in [0.1, 0.15) is 5.75 Å². The van der Waals surface area contributed by atoms with Crippen molar-refractivity contribution >= 4 is 44.4 Å². The van der Waals surface area contributed by atoms with E-state index in [9.17, 15) is 4.79 Å². The Bertz CT molecular complexity index is 1460. The smallest absolute Gasteiger partial charge is 0.236 e. The Hall–Kier alpha value is -3.69. The number of benzene rings is 3. The van der Waals surface area contributed by atoms with Gasteiger partial charge in [-0.25, -0.2) is 4.98 Å². The Kier molecular flexibility index (Phi) is 7.52. The van der Waals surface area contributed by atoms with Crippen LogP contribution in [0.2, 0.25) is 0 Å². The Morgan fingerprint density at radius 2 is 1.70 bits per heavy atom. The lowest BCUT2D eigenvalue weighted by atomic mass is 10.0. The number of ether oxygens (including phenoxy) is 1. The number of aromatic nitrogens is 4. The lowest BCUT2D eigenvalue weighted by molar-refractivity contribution is -0.113. The molecule has 1 unspecified atom stereocenters. The number of nitrogens with one attached hydrogen (secondary N) is 1. The molecule has 0 fully saturated rings. The molecule has 0 aliphatic carbocycles. The number of para-hydroxylation sites is 2. The molecule has 9 heteroatoms. The molecule has 0 saturated carbocycles. The number of hydrogen-bond acceptors (Lipinski definition) is 7. The molecule has 1 amide bonds. The van der Waals surface area contributed by atoms with Gasteiger partial charge in [0.2, 0.25) is 5.91 Å². The summed E-state index contributed by atoms with van der Waals surface area (Å²) in [6.07, 6.45) is -0.358. The van der Waals surface area contributed by atoms with Crippen molar-refractivity contribution in [2.24, 2.45) is 0 Å². The quantitative estimate of drug-likeness (QED) is 0.210. The van der Waals surface area contributed by atoms with E-state index in [1.54, 1.807) is 0 Å². The van der Waals surface area contributed by atoms with E-state index in [0.29, 0.717) is 22.0 Å². The summed E-state index contributed by atoms with van der Waals surface area (Å²) in [7, 11) is 0. The van der Waals surface area contributed by atoms with Crippen LogP contribution in [0.1, 0.15) is 44.2 Å². The highest BCUT2D eigenvalue weighted by Gasteiger charge is 2.22. The van der Waals surface area contributed by atoms with Crippen LogP contribution in [-0.2, 0) is 4.79 Å². The maximum atomic E-state index is 12.7. The van der Waals surface area contributed by atoms with Crippen LogP contribution in [0.4, 0.5) is 5.13 Å². The molecule has 7 nitrogen and oxygen atoms in total. The lowest BCUT2D eigenvalue weighted by Crippen LogP contribution is -2.15. The fourth-order valence-electron chi connectivity index (χ4n) is 3.86. The van der Waals surface area contributed by atoms with Crippen LogP contribution in [0.5, 0.6) is 5.75 Å². The molecule has 0 spiro atoms. The molecule has 0 bridgehead atoms. The zero-order valence-electron chi connectivity index (χ0n) is 20.8. The molecule has 0 saturated heterocycles. The molecular formula is C28H27N5O2S2. The number of thioether (sulfide) groups is 1. The molecule has 5 aromatic rings. The van der Waals surface area contributed by atoms with E-state index in [1.807, 2.05) is 78.2 Å². The third kappa shape index (κ3) is 5.84. The van der Waals surface area contributed by atoms with Crippen LogP contribution in [0, 0.1) is 0 Å². The first-order valence-electron chi connectivity index (χ1n) is 12.0. The maximum Gasteiger partial charge on any atom is 0.236 e. The van der Waals surface area contributed by atoms with Gasteiger partial charge in [0.05, 0.1) is 16.0 Å². The molecule has 3 aromatic carbocycles. The molecule has 0 aliphatic heterocycles. The predicted molar refractivity (Wildman–Crippen MR) is 150 cm³/mol. The zero-order chi connectivity index (χ0) is 25.8. The first-order chi connectivity index (χ1) is 18.0. The van der Waals surface area contributed by atoms with E-state index in [4.69, 9.17) is 4.74 Å². The number of thiazole rings is 1. The number of hydrogen-bond donors (Lipinski definition) is 1. The Morgan fingerprint density at radius 3 is 2.43 bits per heavy atom. The summed E-state index contributed by atoms with van der Waals surface area (Å²) in [5, 5.41) is 13.0. The molecule has 5 rings (SSSR count). The van der Waals surface area contributed by atoms with Gasteiger partial charge in [0.25, 0.3) is 0 Å². The fourth-order valence-corrected chi connectivity index (χ4v) is 5.50. The molecule has 2 heterocycles. The van der Waals surface area contributed by atoms with Gasteiger partial charge in [-0.05, 0) is 54.8 Å². The first-order valence-corrected chi connectivity index (χ1v) is 13.8. The van der Waals surface area contributed by atoms with E-state index >= 15 is 0 Å². The van der Waals surface area contributed by atoms with E-state index < -0.39 is 0 Å². The number of rotatable bonds is 9. The molecule has 1 N–H and O–H groups in total. The zero-order valence-corrected chi connectivity index (χ0v) is 22.4. The molecule has 0 aliphatic rings. The van der Waals surface area contributed by atoms with Gasteiger partial charge < -0.3 is 10.1 Å². The number of carbonyl (C=O) groups is 1. The van der Waals surface area contributed by atoms with Crippen LogP contribution >= 0.6 is 23.1 Å². The van der Waals surface area contributed by atoms with Crippen molar-refractivity contribution in [1.82, 2.24) is 19.7 Å². The van der Waals surface area contributed by atoms with E-state index in [-0.39, 0.29) is 17.8 Å². The average molecular weight is 530 g/mol. The predicted octanol–water partition coefficient (Wildman–Crippen LogP) is 6.87. The third-order valence-electron chi connectivity index (χ3n) is 5.77. The van der Waals surface area contributed by atoms with E-state index in [2.05, 4.69) is 46.5 Å². The number of nitrogens with zero attached hydrogens (tertiary/aromatic N) is 4. The monoisotopic (exact) mass is 529 g/mol. The standard InChI is InChI=1S/C28H27N5O2S2/c1-18(2)20-13-15-22(16-14-20)35-19(3)26-31-32-28(33(26)21-9-5-4-6-10-21)36-17-25(34)30-27-29-23-11-7-8-12-24(23)37-27/h4-16,18-19H,17H2,1-3H3,(H,29,30,34). The minimum atomic E-state index is -0.358. The second kappa shape index (κ2) is 11.1. The van der Waals surface area contributed by atoms with Crippen molar-refractivity contribution < 1.29 is 9.53 Å². The second-order valence-electron chi connectivity index (χ2n) is 8.82. The Labute approximate surface area is 223 Å². The number of fused-ring (bicyclic) bond motifs is 1.